The molecule has 1 aromatic heterocycles. The van der Waals surface area contributed by atoms with Gasteiger partial charge in [0.05, 0.1) is 22.8 Å². The van der Waals surface area contributed by atoms with Gasteiger partial charge in [0, 0.05) is 17.8 Å². The largest absolute Gasteiger partial charge is 0.348 e. The SMILES string of the molecule is Cc1nn(Cc2ccccc2)c(C)c1CNC(=O)c1cc(F)c(F)cc1Cl. The molecule has 0 radical (unpaired) electrons. The lowest BCUT2D eigenvalue weighted by molar-refractivity contribution is 0.0950. The molecule has 27 heavy (non-hydrogen) atoms. The van der Waals surface area contributed by atoms with Crippen LogP contribution in [-0.2, 0) is 13.1 Å². The van der Waals surface area contributed by atoms with Gasteiger partial charge in [0.25, 0.3) is 5.91 Å². The fourth-order valence-corrected chi connectivity index (χ4v) is 3.10. The molecule has 1 heterocycles. The van der Waals surface area contributed by atoms with Gasteiger partial charge in [-0.3, -0.25) is 9.48 Å². The van der Waals surface area contributed by atoms with E-state index in [4.69, 9.17) is 11.6 Å². The number of halogens is 3. The highest BCUT2D eigenvalue weighted by atomic mass is 35.5. The van der Waals surface area contributed by atoms with Gasteiger partial charge < -0.3 is 5.32 Å². The molecular formula is C20H18ClF2N3O. The van der Waals surface area contributed by atoms with E-state index in [0.29, 0.717) is 6.54 Å². The van der Waals surface area contributed by atoms with Crippen LogP contribution in [-0.4, -0.2) is 15.7 Å². The Morgan fingerprint density at radius 3 is 2.52 bits per heavy atom. The second-order valence-corrected chi connectivity index (χ2v) is 6.63. The third kappa shape index (κ3) is 4.17. The molecule has 3 aromatic rings. The number of aromatic nitrogens is 2. The van der Waals surface area contributed by atoms with Gasteiger partial charge in [0.1, 0.15) is 0 Å². The van der Waals surface area contributed by atoms with E-state index in [-0.39, 0.29) is 17.1 Å². The molecule has 2 aromatic carbocycles. The third-order valence-electron chi connectivity index (χ3n) is 4.39. The van der Waals surface area contributed by atoms with Crippen molar-refractivity contribution in [2.75, 3.05) is 0 Å². The highest BCUT2D eigenvalue weighted by Crippen LogP contribution is 2.21. The number of nitrogens with one attached hydrogen (secondary N) is 1. The van der Waals surface area contributed by atoms with Gasteiger partial charge in [0.2, 0.25) is 0 Å². The van der Waals surface area contributed by atoms with E-state index in [1.54, 1.807) is 0 Å². The quantitative estimate of drug-likeness (QED) is 0.657. The van der Waals surface area contributed by atoms with E-state index >= 15 is 0 Å². The van der Waals surface area contributed by atoms with Crippen LogP contribution >= 0.6 is 11.6 Å². The lowest BCUT2D eigenvalue weighted by Crippen LogP contribution is -2.24. The number of aryl methyl sites for hydroxylation is 1. The van der Waals surface area contributed by atoms with Crippen molar-refractivity contribution in [3.05, 3.63) is 87.2 Å². The molecule has 4 nitrogen and oxygen atoms in total. The van der Waals surface area contributed by atoms with Gasteiger partial charge in [-0.2, -0.15) is 5.10 Å². The Morgan fingerprint density at radius 1 is 1.15 bits per heavy atom. The molecule has 1 amide bonds. The monoisotopic (exact) mass is 389 g/mol. The molecule has 7 heteroatoms. The Kier molecular flexibility index (Phi) is 5.56. The maximum atomic E-state index is 13.4. The number of carbonyl (C=O) groups is 1. The summed E-state index contributed by atoms with van der Waals surface area (Å²) < 4.78 is 28.4. The Hall–Kier alpha value is -2.73. The summed E-state index contributed by atoms with van der Waals surface area (Å²) in [6, 6.07) is 11.5. The summed E-state index contributed by atoms with van der Waals surface area (Å²) >= 11 is 5.85. The van der Waals surface area contributed by atoms with E-state index < -0.39 is 17.5 Å². The highest BCUT2D eigenvalue weighted by Gasteiger charge is 2.17. The minimum absolute atomic E-state index is 0.109. The maximum Gasteiger partial charge on any atom is 0.253 e. The number of hydrogen-bond acceptors (Lipinski definition) is 2. The van der Waals surface area contributed by atoms with Crippen LogP contribution in [0.15, 0.2) is 42.5 Å². The van der Waals surface area contributed by atoms with E-state index in [0.717, 1.165) is 34.6 Å². The summed E-state index contributed by atoms with van der Waals surface area (Å²) in [4.78, 5) is 12.3. The molecule has 0 saturated carbocycles. The summed E-state index contributed by atoms with van der Waals surface area (Å²) in [6.45, 7) is 4.62. The number of nitrogens with zero attached hydrogens (tertiary/aromatic N) is 2. The Balaban J connectivity index is 1.75. The first-order valence-corrected chi connectivity index (χ1v) is 8.74. The standard InChI is InChI=1S/C20H18ClF2N3O/c1-12-16(13(2)26(25-12)11-14-6-4-3-5-7-14)10-24-20(27)15-8-18(22)19(23)9-17(15)21/h3-9H,10-11H2,1-2H3,(H,24,27). The zero-order chi connectivity index (χ0) is 19.6. The number of amides is 1. The summed E-state index contributed by atoms with van der Waals surface area (Å²) in [5.74, 6) is -2.79. The molecule has 0 bridgehead atoms. The van der Waals surface area contributed by atoms with Crippen molar-refractivity contribution in [3.8, 4) is 0 Å². The van der Waals surface area contributed by atoms with Crippen LogP contribution in [0, 0.1) is 25.5 Å². The zero-order valence-electron chi connectivity index (χ0n) is 14.9. The van der Waals surface area contributed by atoms with Crippen LogP contribution in [0.25, 0.3) is 0 Å². The Bertz CT molecular complexity index is 987. The topological polar surface area (TPSA) is 46.9 Å². The number of benzene rings is 2. The zero-order valence-corrected chi connectivity index (χ0v) is 15.6. The fraction of sp³-hybridized carbons (Fsp3) is 0.200. The van der Waals surface area contributed by atoms with Crippen molar-refractivity contribution in [1.29, 1.82) is 0 Å². The highest BCUT2D eigenvalue weighted by molar-refractivity contribution is 6.33. The van der Waals surface area contributed by atoms with Gasteiger partial charge in [0.15, 0.2) is 11.6 Å². The molecule has 0 aliphatic rings. The third-order valence-corrected chi connectivity index (χ3v) is 4.70. The minimum Gasteiger partial charge on any atom is -0.348 e. The smallest absolute Gasteiger partial charge is 0.253 e. The first-order chi connectivity index (χ1) is 12.9. The van der Waals surface area contributed by atoms with Crippen molar-refractivity contribution in [2.24, 2.45) is 0 Å². The fourth-order valence-electron chi connectivity index (χ4n) is 2.86. The van der Waals surface area contributed by atoms with Gasteiger partial charge in [-0.15, -0.1) is 0 Å². The van der Waals surface area contributed by atoms with Gasteiger partial charge in [-0.05, 0) is 31.5 Å². The number of carbonyl (C=O) groups excluding carboxylic acids is 1. The second kappa shape index (κ2) is 7.88. The van der Waals surface area contributed by atoms with Gasteiger partial charge in [-0.25, -0.2) is 8.78 Å². The van der Waals surface area contributed by atoms with Crippen LogP contribution in [0.3, 0.4) is 0 Å². The summed E-state index contributed by atoms with van der Waals surface area (Å²) in [7, 11) is 0. The molecule has 0 fully saturated rings. The molecule has 0 spiro atoms. The second-order valence-electron chi connectivity index (χ2n) is 6.22. The van der Waals surface area contributed by atoms with Gasteiger partial charge >= 0.3 is 0 Å². The molecule has 140 valence electrons. The lowest BCUT2D eigenvalue weighted by Gasteiger charge is -2.09. The van der Waals surface area contributed by atoms with Crippen molar-refractivity contribution >= 4 is 17.5 Å². The molecule has 0 aliphatic heterocycles. The summed E-state index contributed by atoms with van der Waals surface area (Å²) in [5, 5.41) is 7.09. The van der Waals surface area contributed by atoms with E-state index in [1.165, 1.54) is 0 Å². The number of hydrogen-bond donors (Lipinski definition) is 1. The summed E-state index contributed by atoms with van der Waals surface area (Å²) in [6.07, 6.45) is 0. The van der Waals surface area contributed by atoms with E-state index in [2.05, 4.69) is 10.4 Å². The molecular weight excluding hydrogens is 372 g/mol. The summed E-state index contributed by atoms with van der Waals surface area (Å²) in [5.41, 5.74) is 3.60. The normalized spacial score (nSPS) is 10.9. The average molecular weight is 390 g/mol. The van der Waals surface area contributed by atoms with Crippen LogP contribution in [0.4, 0.5) is 8.78 Å². The van der Waals surface area contributed by atoms with E-state index in [1.807, 2.05) is 48.9 Å². The predicted octanol–water partition coefficient (Wildman–Crippen LogP) is 4.41. The van der Waals surface area contributed by atoms with Gasteiger partial charge in [-0.1, -0.05) is 41.9 Å². The van der Waals surface area contributed by atoms with Crippen LogP contribution in [0.5, 0.6) is 0 Å². The van der Waals surface area contributed by atoms with Crippen molar-refractivity contribution < 1.29 is 13.6 Å². The molecule has 0 aliphatic carbocycles. The van der Waals surface area contributed by atoms with Crippen LogP contribution in [0.1, 0.15) is 32.9 Å². The van der Waals surface area contributed by atoms with Crippen LogP contribution < -0.4 is 5.32 Å². The van der Waals surface area contributed by atoms with Crippen LogP contribution in [0.2, 0.25) is 5.02 Å². The van der Waals surface area contributed by atoms with Crippen molar-refractivity contribution in [1.82, 2.24) is 15.1 Å². The van der Waals surface area contributed by atoms with Crippen molar-refractivity contribution in [3.63, 3.8) is 0 Å². The van der Waals surface area contributed by atoms with E-state index in [9.17, 15) is 13.6 Å². The molecule has 0 saturated heterocycles. The molecule has 0 unspecified atom stereocenters. The molecule has 1 N–H and O–H groups in total. The van der Waals surface area contributed by atoms with Crippen molar-refractivity contribution in [2.45, 2.75) is 26.9 Å². The minimum atomic E-state index is -1.12. The first-order valence-electron chi connectivity index (χ1n) is 8.36. The first kappa shape index (κ1) is 19.0. The Labute approximate surface area is 160 Å². The predicted molar refractivity (Wildman–Crippen MR) is 99.8 cm³/mol. The lowest BCUT2D eigenvalue weighted by atomic mass is 10.1. The Morgan fingerprint density at radius 2 is 1.81 bits per heavy atom. The number of rotatable bonds is 5. The average Bonchev–Trinajstić information content (AvgIpc) is 2.90. The maximum absolute atomic E-state index is 13.4. The molecule has 3 rings (SSSR count). The molecule has 0 atom stereocenters.